The van der Waals surface area contributed by atoms with E-state index in [4.69, 9.17) is 9.47 Å². The number of carbonyl (C=O) groups excluding carboxylic acids is 2. The molecule has 6 rings (SSSR count). The topological polar surface area (TPSA) is 84.9 Å². The van der Waals surface area contributed by atoms with Crippen LogP contribution < -0.4 is 9.47 Å². The molecule has 1 aromatic heterocycles. The number of hydrogen-bond acceptors (Lipinski definition) is 6. The first-order chi connectivity index (χ1) is 15.7. The minimum Gasteiger partial charge on any atom is -0.454 e. The molecule has 2 atom stereocenters. The summed E-state index contributed by atoms with van der Waals surface area (Å²) in [5.74, 6) is 1.78. The Hall–Kier alpha value is -3.68. The number of ether oxygens (including phenoxy) is 2. The number of aromatic nitrogens is 2. The molecule has 2 aliphatic heterocycles. The van der Waals surface area contributed by atoms with Crippen LogP contribution in [0.3, 0.4) is 0 Å². The standard InChI is InChI=1S/C24H22N4O4/c29-23(17-12-16(17)15-5-6-21-22(11-15)32-14-31-21)27-7-9-28(10-8-27)24(30)20-13-25-18-3-1-2-4-19(18)26-20/h1-6,11,13,16-17H,7-10,12,14H2. The van der Waals surface area contributed by atoms with Crippen molar-refractivity contribution in [1.29, 1.82) is 0 Å². The van der Waals surface area contributed by atoms with Crippen molar-refractivity contribution in [2.24, 2.45) is 5.92 Å². The van der Waals surface area contributed by atoms with Gasteiger partial charge in [0.1, 0.15) is 5.69 Å². The summed E-state index contributed by atoms with van der Waals surface area (Å²) in [5, 5.41) is 0. The van der Waals surface area contributed by atoms with Crippen molar-refractivity contribution in [2.75, 3.05) is 33.0 Å². The van der Waals surface area contributed by atoms with Crippen LogP contribution in [0.4, 0.5) is 0 Å². The van der Waals surface area contributed by atoms with Gasteiger partial charge in [-0.1, -0.05) is 18.2 Å². The summed E-state index contributed by atoms with van der Waals surface area (Å²) in [6.45, 7) is 2.33. The highest BCUT2D eigenvalue weighted by Gasteiger charge is 2.46. The van der Waals surface area contributed by atoms with Crippen LogP contribution in [0.2, 0.25) is 0 Å². The van der Waals surface area contributed by atoms with E-state index in [1.165, 1.54) is 6.20 Å². The van der Waals surface area contributed by atoms with E-state index in [1.807, 2.05) is 47.4 Å². The molecule has 0 bridgehead atoms. The van der Waals surface area contributed by atoms with Crippen LogP contribution in [0.15, 0.2) is 48.7 Å². The van der Waals surface area contributed by atoms with Crippen molar-refractivity contribution in [3.63, 3.8) is 0 Å². The first-order valence-corrected chi connectivity index (χ1v) is 10.9. The summed E-state index contributed by atoms with van der Waals surface area (Å²) < 4.78 is 10.8. The molecule has 2 fully saturated rings. The average molecular weight is 430 g/mol. The predicted octanol–water partition coefficient (Wildman–Crippen LogP) is 2.45. The van der Waals surface area contributed by atoms with Crippen molar-refractivity contribution in [1.82, 2.24) is 19.8 Å². The van der Waals surface area contributed by atoms with Crippen LogP contribution in [0.5, 0.6) is 11.5 Å². The van der Waals surface area contributed by atoms with Gasteiger partial charge in [-0.05, 0) is 42.2 Å². The number of rotatable bonds is 3. The van der Waals surface area contributed by atoms with Crippen molar-refractivity contribution >= 4 is 22.8 Å². The van der Waals surface area contributed by atoms with E-state index in [-0.39, 0.29) is 30.4 Å². The Labute approximate surface area is 184 Å². The molecule has 32 heavy (non-hydrogen) atoms. The predicted molar refractivity (Wildman–Crippen MR) is 115 cm³/mol. The van der Waals surface area contributed by atoms with Crippen molar-refractivity contribution in [3.8, 4) is 11.5 Å². The zero-order valence-corrected chi connectivity index (χ0v) is 17.4. The molecule has 8 heteroatoms. The number of nitrogens with zero attached hydrogens (tertiary/aromatic N) is 4. The van der Waals surface area contributed by atoms with Crippen molar-refractivity contribution in [3.05, 3.63) is 59.9 Å². The molecule has 3 heterocycles. The quantitative estimate of drug-likeness (QED) is 0.635. The van der Waals surface area contributed by atoms with Crippen molar-refractivity contribution < 1.29 is 19.1 Å². The Bertz CT molecular complexity index is 1220. The van der Waals surface area contributed by atoms with Crippen LogP contribution in [0, 0.1) is 5.92 Å². The molecular weight excluding hydrogens is 408 g/mol. The maximum absolute atomic E-state index is 13.0. The SMILES string of the molecule is O=C(c1cnc2ccccc2n1)N1CCN(C(=O)C2CC2c2ccc3c(c2)OCO3)CC1. The van der Waals surface area contributed by atoms with E-state index in [1.54, 1.807) is 4.90 Å². The van der Waals surface area contributed by atoms with E-state index >= 15 is 0 Å². The van der Waals surface area contributed by atoms with Gasteiger partial charge in [0.2, 0.25) is 12.7 Å². The maximum atomic E-state index is 13.0. The van der Waals surface area contributed by atoms with Crippen LogP contribution in [0.1, 0.15) is 28.4 Å². The molecular formula is C24H22N4O4. The molecule has 0 spiro atoms. The smallest absolute Gasteiger partial charge is 0.274 e. The third kappa shape index (κ3) is 3.32. The number of fused-ring (bicyclic) bond motifs is 2. The number of amides is 2. The zero-order chi connectivity index (χ0) is 21.7. The normalized spacial score (nSPS) is 21.6. The molecule has 2 aromatic carbocycles. The second-order valence-electron chi connectivity index (χ2n) is 8.42. The van der Waals surface area contributed by atoms with Crippen LogP contribution in [0.25, 0.3) is 11.0 Å². The fraction of sp³-hybridized carbons (Fsp3) is 0.333. The van der Waals surface area contributed by atoms with Gasteiger partial charge in [-0.25, -0.2) is 4.98 Å². The van der Waals surface area contributed by atoms with Gasteiger partial charge in [0.05, 0.1) is 17.2 Å². The largest absolute Gasteiger partial charge is 0.454 e. The molecule has 8 nitrogen and oxygen atoms in total. The first-order valence-electron chi connectivity index (χ1n) is 10.9. The summed E-state index contributed by atoms with van der Waals surface area (Å²) >= 11 is 0. The summed E-state index contributed by atoms with van der Waals surface area (Å²) in [4.78, 5) is 38.3. The molecule has 1 saturated heterocycles. The van der Waals surface area contributed by atoms with E-state index in [9.17, 15) is 9.59 Å². The summed E-state index contributed by atoms with van der Waals surface area (Å²) in [6.07, 6.45) is 2.38. The Balaban J connectivity index is 1.07. The molecule has 0 N–H and O–H groups in total. The van der Waals surface area contributed by atoms with Gasteiger partial charge in [0.15, 0.2) is 11.5 Å². The van der Waals surface area contributed by atoms with Gasteiger partial charge in [0, 0.05) is 32.1 Å². The van der Waals surface area contributed by atoms with Crippen molar-refractivity contribution in [2.45, 2.75) is 12.3 Å². The molecule has 1 aliphatic carbocycles. The van der Waals surface area contributed by atoms with E-state index in [0.29, 0.717) is 37.4 Å². The zero-order valence-electron chi connectivity index (χ0n) is 17.4. The fourth-order valence-corrected chi connectivity index (χ4v) is 4.57. The number of piperazine rings is 1. The highest BCUT2D eigenvalue weighted by atomic mass is 16.7. The van der Waals surface area contributed by atoms with Gasteiger partial charge in [0.25, 0.3) is 5.91 Å². The Kier molecular flexibility index (Phi) is 4.45. The Morgan fingerprint density at radius 2 is 1.66 bits per heavy atom. The Morgan fingerprint density at radius 1 is 0.906 bits per heavy atom. The van der Waals surface area contributed by atoms with Crippen LogP contribution in [-0.4, -0.2) is 64.6 Å². The minimum absolute atomic E-state index is 0.00368. The third-order valence-electron chi connectivity index (χ3n) is 6.48. The number of hydrogen-bond donors (Lipinski definition) is 0. The molecule has 3 aromatic rings. The van der Waals surface area contributed by atoms with E-state index in [0.717, 1.165) is 29.0 Å². The molecule has 2 amide bonds. The maximum Gasteiger partial charge on any atom is 0.274 e. The minimum atomic E-state index is -0.139. The number of para-hydroxylation sites is 2. The number of carbonyl (C=O) groups is 2. The third-order valence-corrected chi connectivity index (χ3v) is 6.48. The molecule has 2 unspecified atom stereocenters. The van der Waals surface area contributed by atoms with Gasteiger partial charge >= 0.3 is 0 Å². The molecule has 1 saturated carbocycles. The monoisotopic (exact) mass is 430 g/mol. The lowest BCUT2D eigenvalue weighted by Gasteiger charge is -2.34. The fourth-order valence-electron chi connectivity index (χ4n) is 4.57. The van der Waals surface area contributed by atoms with Gasteiger partial charge in [-0.2, -0.15) is 0 Å². The molecule has 162 valence electrons. The lowest BCUT2D eigenvalue weighted by Crippen LogP contribution is -2.51. The lowest BCUT2D eigenvalue weighted by molar-refractivity contribution is -0.134. The first kappa shape index (κ1) is 19.0. The van der Waals surface area contributed by atoms with E-state index < -0.39 is 0 Å². The summed E-state index contributed by atoms with van der Waals surface area (Å²) in [7, 11) is 0. The Morgan fingerprint density at radius 3 is 2.50 bits per heavy atom. The molecule has 3 aliphatic rings. The van der Waals surface area contributed by atoms with Crippen LogP contribution in [-0.2, 0) is 4.79 Å². The highest BCUT2D eigenvalue weighted by Crippen LogP contribution is 2.50. The number of benzene rings is 2. The van der Waals surface area contributed by atoms with Crippen LogP contribution >= 0.6 is 0 Å². The highest BCUT2D eigenvalue weighted by molar-refractivity contribution is 5.94. The van der Waals surface area contributed by atoms with Gasteiger partial charge in [-0.3, -0.25) is 14.6 Å². The second kappa shape index (κ2) is 7.47. The van der Waals surface area contributed by atoms with E-state index in [2.05, 4.69) is 9.97 Å². The average Bonchev–Trinajstić information content (AvgIpc) is 3.51. The molecule has 0 radical (unpaired) electrons. The lowest BCUT2D eigenvalue weighted by atomic mass is 10.1. The second-order valence-corrected chi connectivity index (χ2v) is 8.42. The van der Waals surface area contributed by atoms with Gasteiger partial charge < -0.3 is 19.3 Å². The van der Waals surface area contributed by atoms with Gasteiger partial charge in [-0.15, -0.1) is 0 Å². The summed E-state index contributed by atoms with van der Waals surface area (Å²) in [5.41, 5.74) is 2.93. The summed E-state index contributed by atoms with van der Waals surface area (Å²) in [6, 6.07) is 13.4.